The van der Waals surface area contributed by atoms with Crippen molar-refractivity contribution in [2.24, 2.45) is 23.2 Å². The Labute approximate surface area is 154 Å². The van der Waals surface area contributed by atoms with E-state index in [1.165, 1.54) is 47.0 Å². The predicted molar refractivity (Wildman–Crippen MR) is 103 cm³/mol. The molecule has 0 radical (unpaired) electrons. The summed E-state index contributed by atoms with van der Waals surface area (Å²) < 4.78 is 0. The molecule has 4 fully saturated rings. The first-order valence-corrected chi connectivity index (χ1v) is 10.5. The van der Waals surface area contributed by atoms with Gasteiger partial charge >= 0.3 is 0 Å². The van der Waals surface area contributed by atoms with E-state index in [1.807, 2.05) is 0 Å². The highest BCUT2D eigenvalue weighted by Crippen LogP contribution is 2.60. The molecule has 1 aromatic heterocycles. The van der Waals surface area contributed by atoms with Crippen LogP contribution in [-0.4, -0.2) is 16.9 Å². The van der Waals surface area contributed by atoms with Gasteiger partial charge in [-0.05, 0) is 87.3 Å². The lowest BCUT2D eigenvalue weighted by Gasteiger charge is -2.55. The molecule has 1 atom stereocenters. The van der Waals surface area contributed by atoms with Crippen molar-refractivity contribution in [3.8, 4) is 0 Å². The van der Waals surface area contributed by atoms with Gasteiger partial charge in [0.25, 0.3) is 0 Å². The Balaban J connectivity index is 1.22. The minimum atomic E-state index is -0.0241. The summed E-state index contributed by atoms with van der Waals surface area (Å²) in [6, 6.07) is 6.92. The fourth-order valence-electron chi connectivity index (χ4n) is 7.22. The van der Waals surface area contributed by atoms with Crippen molar-refractivity contribution in [1.29, 1.82) is 0 Å². The molecule has 136 valence electrons. The van der Waals surface area contributed by atoms with Crippen LogP contribution in [0.25, 0.3) is 10.9 Å². The third-order valence-corrected chi connectivity index (χ3v) is 7.91. The summed E-state index contributed by atoms with van der Waals surface area (Å²) in [5, 5.41) is 4.84. The first-order chi connectivity index (χ1) is 12.6. The van der Waals surface area contributed by atoms with Crippen LogP contribution in [0.2, 0.25) is 0 Å². The van der Waals surface area contributed by atoms with E-state index < -0.39 is 0 Å². The molecule has 0 spiro atoms. The maximum absolute atomic E-state index is 13.3. The van der Waals surface area contributed by atoms with Crippen LogP contribution >= 0.6 is 0 Å². The molecular formula is C23H28N2O. The van der Waals surface area contributed by atoms with Crippen LogP contribution in [0.15, 0.2) is 18.2 Å². The van der Waals surface area contributed by atoms with Gasteiger partial charge in [0.1, 0.15) is 0 Å². The highest BCUT2D eigenvalue weighted by Gasteiger charge is 2.54. The van der Waals surface area contributed by atoms with E-state index >= 15 is 0 Å². The van der Waals surface area contributed by atoms with Crippen molar-refractivity contribution in [3.63, 3.8) is 0 Å². The molecule has 0 aliphatic heterocycles. The Hall–Kier alpha value is -1.77. The fraction of sp³-hybridized carbons (Fsp3) is 0.609. The highest BCUT2D eigenvalue weighted by atomic mass is 16.2. The Kier molecular flexibility index (Phi) is 3.03. The van der Waals surface area contributed by atoms with Crippen LogP contribution in [0.1, 0.15) is 55.3 Å². The van der Waals surface area contributed by atoms with Crippen molar-refractivity contribution < 1.29 is 4.79 Å². The van der Waals surface area contributed by atoms with E-state index in [0.29, 0.717) is 5.91 Å². The molecule has 4 saturated carbocycles. The number of nitrogens with one attached hydrogen (secondary N) is 2. The van der Waals surface area contributed by atoms with E-state index in [1.54, 1.807) is 0 Å². The number of hydrogen-bond acceptors (Lipinski definition) is 1. The maximum Gasteiger partial charge on any atom is 0.226 e. The second-order valence-electron chi connectivity index (χ2n) is 9.91. The number of benzene rings is 1. The van der Waals surface area contributed by atoms with Gasteiger partial charge in [0.2, 0.25) is 5.91 Å². The Morgan fingerprint density at radius 3 is 2.46 bits per heavy atom. The van der Waals surface area contributed by atoms with Gasteiger partial charge in [-0.25, -0.2) is 0 Å². The minimum Gasteiger partial charge on any atom is -0.358 e. The Morgan fingerprint density at radius 1 is 1.08 bits per heavy atom. The molecule has 1 amide bonds. The van der Waals surface area contributed by atoms with Crippen molar-refractivity contribution in [3.05, 3.63) is 35.0 Å². The molecule has 3 heteroatoms. The van der Waals surface area contributed by atoms with Gasteiger partial charge in [-0.3, -0.25) is 4.79 Å². The van der Waals surface area contributed by atoms with Crippen LogP contribution in [0.3, 0.4) is 0 Å². The smallest absolute Gasteiger partial charge is 0.226 e. The third kappa shape index (κ3) is 2.15. The monoisotopic (exact) mass is 348 g/mol. The molecule has 2 aromatic rings. The predicted octanol–water partition coefficient (Wildman–Crippen LogP) is 4.28. The summed E-state index contributed by atoms with van der Waals surface area (Å²) >= 11 is 0. The van der Waals surface area contributed by atoms with Crippen LogP contribution in [-0.2, 0) is 17.6 Å². The summed E-state index contributed by atoms with van der Waals surface area (Å²) in [6.07, 6.45) is 9.60. The topological polar surface area (TPSA) is 44.9 Å². The van der Waals surface area contributed by atoms with E-state index in [4.69, 9.17) is 0 Å². The van der Waals surface area contributed by atoms with E-state index in [-0.39, 0.29) is 11.5 Å². The number of H-pyrrole nitrogens is 1. The quantitative estimate of drug-likeness (QED) is 0.836. The molecule has 1 aromatic carbocycles. The van der Waals surface area contributed by atoms with Crippen molar-refractivity contribution >= 4 is 16.8 Å². The number of carbonyl (C=O) groups excluding carboxylic acids is 1. The number of aryl methyl sites for hydroxylation is 1. The lowest BCUT2D eigenvalue weighted by Crippen LogP contribution is -2.55. The van der Waals surface area contributed by atoms with Crippen molar-refractivity contribution in [2.75, 3.05) is 0 Å². The molecule has 5 aliphatic rings. The highest BCUT2D eigenvalue weighted by molar-refractivity contribution is 5.87. The summed E-state index contributed by atoms with van der Waals surface area (Å²) in [6.45, 7) is 2.15. The lowest BCUT2D eigenvalue weighted by molar-refractivity contribution is -0.147. The zero-order valence-corrected chi connectivity index (χ0v) is 15.6. The first-order valence-electron chi connectivity index (χ1n) is 10.5. The molecule has 5 aliphatic carbocycles. The second-order valence-corrected chi connectivity index (χ2v) is 9.91. The number of amides is 1. The van der Waals surface area contributed by atoms with Crippen molar-refractivity contribution in [1.82, 2.24) is 10.3 Å². The van der Waals surface area contributed by atoms with Gasteiger partial charge in [-0.2, -0.15) is 0 Å². The Bertz CT molecular complexity index is 873. The third-order valence-electron chi connectivity index (χ3n) is 7.91. The summed E-state index contributed by atoms with van der Waals surface area (Å²) in [5.74, 6) is 2.87. The van der Waals surface area contributed by atoms with Gasteiger partial charge in [-0.15, -0.1) is 0 Å². The summed E-state index contributed by atoms with van der Waals surface area (Å²) in [4.78, 5) is 16.9. The van der Waals surface area contributed by atoms with Crippen LogP contribution in [0.4, 0.5) is 0 Å². The van der Waals surface area contributed by atoms with Crippen LogP contribution in [0, 0.1) is 30.1 Å². The molecule has 0 saturated heterocycles. The largest absolute Gasteiger partial charge is 0.358 e. The standard InChI is InChI=1S/C23H28N2O/c1-13-2-3-20-18(4-13)19-8-17(9-21(19)25-20)24-22(26)23-10-14-5-15(11-23)7-16(6-14)12-23/h2-4,14-17,25H,5-12H2,1H3,(H,24,26). The average Bonchev–Trinajstić information content (AvgIpc) is 3.11. The van der Waals surface area contributed by atoms with Crippen molar-refractivity contribution in [2.45, 2.75) is 64.3 Å². The molecule has 7 rings (SSSR count). The number of fused-ring (bicyclic) bond motifs is 3. The lowest BCUT2D eigenvalue weighted by atomic mass is 9.49. The van der Waals surface area contributed by atoms with Crippen LogP contribution in [0.5, 0.6) is 0 Å². The fourth-order valence-corrected chi connectivity index (χ4v) is 7.22. The Morgan fingerprint density at radius 2 is 1.77 bits per heavy atom. The molecule has 1 heterocycles. The summed E-state index contributed by atoms with van der Waals surface area (Å²) in [5.41, 5.74) is 5.29. The average molecular weight is 348 g/mol. The first kappa shape index (κ1) is 15.3. The number of carbonyl (C=O) groups is 1. The SMILES string of the molecule is Cc1ccc2[nH]c3c(c2c1)CC(NC(=O)C12CC4CC(CC(C4)C1)C2)C3. The van der Waals surface area contributed by atoms with E-state index in [0.717, 1.165) is 49.9 Å². The number of rotatable bonds is 2. The van der Waals surface area contributed by atoms with Gasteiger partial charge in [0, 0.05) is 34.5 Å². The van der Waals surface area contributed by atoms with Gasteiger partial charge < -0.3 is 10.3 Å². The molecule has 3 nitrogen and oxygen atoms in total. The van der Waals surface area contributed by atoms with Gasteiger partial charge in [0.15, 0.2) is 0 Å². The van der Waals surface area contributed by atoms with E-state index in [2.05, 4.69) is 35.4 Å². The second kappa shape index (κ2) is 5.15. The maximum atomic E-state index is 13.3. The van der Waals surface area contributed by atoms with Crippen LogP contribution < -0.4 is 5.32 Å². The molecule has 4 bridgehead atoms. The number of hydrogen-bond donors (Lipinski definition) is 2. The number of aromatic nitrogens is 1. The zero-order valence-electron chi connectivity index (χ0n) is 15.6. The molecular weight excluding hydrogens is 320 g/mol. The number of aromatic amines is 1. The summed E-state index contributed by atoms with van der Waals surface area (Å²) in [7, 11) is 0. The minimum absolute atomic E-state index is 0.0241. The molecule has 1 unspecified atom stereocenters. The van der Waals surface area contributed by atoms with Gasteiger partial charge in [0.05, 0.1) is 0 Å². The van der Waals surface area contributed by atoms with E-state index in [9.17, 15) is 4.79 Å². The molecule has 26 heavy (non-hydrogen) atoms. The normalized spacial score (nSPS) is 37.3. The molecule has 2 N–H and O–H groups in total. The van der Waals surface area contributed by atoms with Gasteiger partial charge in [-0.1, -0.05) is 11.6 Å². The zero-order chi connectivity index (χ0) is 17.5.